The molecule has 0 amide bonds. The third-order valence-electron chi connectivity index (χ3n) is 3.37. The van der Waals surface area contributed by atoms with Gasteiger partial charge in [0, 0.05) is 30.7 Å². The number of hydrogen-bond acceptors (Lipinski definition) is 3. The molecule has 1 aliphatic rings. The maximum absolute atomic E-state index is 6.27. The number of aryl methyl sites for hydroxylation is 1. The van der Waals surface area contributed by atoms with Crippen molar-refractivity contribution in [2.24, 2.45) is 5.73 Å². The summed E-state index contributed by atoms with van der Waals surface area (Å²) in [6, 6.07) is 6.29. The summed E-state index contributed by atoms with van der Waals surface area (Å²) in [6.07, 6.45) is 0.128. The molecule has 0 aromatic heterocycles. The van der Waals surface area contributed by atoms with Gasteiger partial charge in [-0.25, -0.2) is 0 Å². The lowest BCUT2D eigenvalue weighted by molar-refractivity contribution is -0.0403. The minimum Gasteiger partial charge on any atom is -0.374 e. The van der Waals surface area contributed by atoms with Crippen LogP contribution in [0, 0.1) is 6.92 Å². The fraction of sp³-hybridized carbons (Fsp3) is 0.571. The van der Waals surface area contributed by atoms with Crippen LogP contribution in [0.2, 0.25) is 5.02 Å². The van der Waals surface area contributed by atoms with Gasteiger partial charge in [-0.05, 0) is 31.0 Å². The highest BCUT2D eigenvalue weighted by Gasteiger charge is 2.23. The van der Waals surface area contributed by atoms with E-state index in [1.54, 1.807) is 0 Å². The van der Waals surface area contributed by atoms with E-state index in [4.69, 9.17) is 22.1 Å². The van der Waals surface area contributed by atoms with Gasteiger partial charge >= 0.3 is 0 Å². The van der Waals surface area contributed by atoms with Crippen LogP contribution in [0.5, 0.6) is 0 Å². The summed E-state index contributed by atoms with van der Waals surface area (Å²) in [4.78, 5) is 2.36. The van der Waals surface area contributed by atoms with Crippen molar-refractivity contribution in [1.29, 1.82) is 0 Å². The van der Waals surface area contributed by atoms with Crippen molar-refractivity contribution in [2.45, 2.75) is 32.5 Å². The van der Waals surface area contributed by atoms with Gasteiger partial charge in [-0.2, -0.15) is 0 Å². The Kier molecular flexibility index (Phi) is 4.62. The molecular weight excluding hydrogens is 248 g/mol. The predicted octanol–water partition coefficient (Wildman–Crippen LogP) is 2.20. The van der Waals surface area contributed by atoms with Crippen LogP contribution < -0.4 is 5.73 Å². The zero-order chi connectivity index (χ0) is 13.1. The van der Waals surface area contributed by atoms with E-state index in [1.807, 2.05) is 13.0 Å². The highest BCUT2D eigenvalue weighted by molar-refractivity contribution is 6.31. The van der Waals surface area contributed by atoms with E-state index in [2.05, 4.69) is 24.0 Å². The summed E-state index contributed by atoms with van der Waals surface area (Å²) >= 11 is 6.27. The fourth-order valence-electron chi connectivity index (χ4n) is 2.21. The molecule has 2 rings (SSSR count). The lowest BCUT2D eigenvalue weighted by Crippen LogP contribution is -2.49. The van der Waals surface area contributed by atoms with Crippen molar-refractivity contribution < 1.29 is 4.74 Å². The van der Waals surface area contributed by atoms with Crippen molar-refractivity contribution >= 4 is 11.6 Å². The van der Waals surface area contributed by atoms with Gasteiger partial charge in [0.25, 0.3) is 0 Å². The summed E-state index contributed by atoms with van der Waals surface area (Å²) < 4.78 is 5.66. The van der Waals surface area contributed by atoms with Crippen molar-refractivity contribution in [2.75, 3.05) is 19.7 Å². The third-order valence-corrected chi connectivity index (χ3v) is 3.72. The monoisotopic (exact) mass is 268 g/mol. The molecule has 2 N–H and O–H groups in total. The van der Waals surface area contributed by atoms with E-state index in [0.717, 1.165) is 31.3 Å². The first kappa shape index (κ1) is 13.8. The molecule has 1 aromatic rings. The molecule has 4 heteroatoms. The first-order valence-electron chi connectivity index (χ1n) is 6.41. The van der Waals surface area contributed by atoms with Crippen LogP contribution in [-0.2, 0) is 11.3 Å². The minimum absolute atomic E-state index is 0.0706. The number of nitrogens with zero attached hydrogens (tertiary/aromatic N) is 1. The first-order valence-corrected chi connectivity index (χ1v) is 6.78. The van der Waals surface area contributed by atoms with Gasteiger partial charge in [-0.1, -0.05) is 23.7 Å². The summed E-state index contributed by atoms with van der Waals surface area (Å²) in [5.74, 6) is 0. The zero-order valence-electron chi connectivity index (χ0n) is 11.0. The molecule has 3 nitrogen and oxygen atoms in total. The molecule has 1 fully saturated rings. The fourth-order valence-corrected chi connectivity index (χ4v) is 2.51. The van der Waals surface area contributed by atoms with Gasteiger partial charge < -0.3 is 10.5 Å². The molecule has 1 aromatic carbocycles. The Morgan fingerprint density at radius 1 is 1.56 bits per heavy atom. The van der Waals surface area contributed by atoms with Crippen LogP contribution in [0.1, 0.15) is 18.1 Å². The van der Waals surface area contributed by atoms with E-state index in [0.29, 0.717) is 0 Å². The van der Waals surface area contributed by atoms with E-state index in [9.17, 15) is 0 Å². The molecule has 18 heavy (non-hydrogen) atoms. The van der Waals surface area contributed by atoms with Crippen LogP contribution in [0.3, 0.4) is 0 Å². The molecule has 0 saturated carbocycles. The standard InChI is InChI=1S/C14H21ClN2O/c1-10-3-4-12(13(15)7-10)8-17-5-6-18-14(9-17)11(2)16/h3-4,7,11,14H,5-6,8-9,16H2,1-2H3. The first-order chi connectivity index (χ1) is 8.56. The molecule has 1 heterocycles. The Bertz CT molecular complexity index is 409. The summed E-state index contributed by atoms with van der Waals surface area (Å²) in [7, 11) is 0. The average molecular weight is 269 g/mol. The molecular formula is C14H21ClN2O. The van der Waals surface area contributed by atoms with Gasteiger partial charge in [0.2, 0.25) is 0 Å². The second-order valence-corrected chi connectivity index (χ2v) is 5.51. The lowest BCUT2D eigenvalue weighted by Gasteiger charge is -2.34. The highest BCUT2D eigenvalue weighted by Crippen LogP contribution is 2.20. The topological polar surface area (TPSA) is 38.5 Å². The van der Waals surface area contributed by atoms with E-state index in [-0.39, 0.29) is 12.1 Å². The molecule has 1 saturated heterocycles. The van der Waals surface area contributed by atoms with Gasteiger partial charge in [-0.3, -0.25) is 4.90 Å². The summed E-state index contributed by atoms with van der Waals surface area (Å²) in [6.45, 7) is 7.47. The zero-order valence-corrected chi connectivity index (χ0v) is 11.8. The van der Waals surface area contributed by atoms with Crippen molar-refractivity contribution in [3.05, 3.63) is 34.3 Å². The molecule has 100 valence electrons. The molecule has 1 aliphatic heterocycles. The van der Waals surface area contributed by atoms with E-state index >= 15 is 0 Å². The van der Waals surface area contributed by atoms with Crippen LogP contribution in [0.4, 0.5) is 0 Å². The number of nitrogens with two attached hydrogens (primary N) is 1. The van der Waals surface area contributed by atoms with E-state index < -0.39 is 0 Å². The molecule has 2 atom stereocenters. The Hall–Kier alpha value is -0.610. The maximum atomic E-state index is 6.27. The largest absolute Gasteiger partial charge is 0.374 e. The number of hydrogen-bond donors (Lipinski definition) is 1. The van der Waals surface area contributed by atoms with Crippen molar-refractivity contribution in [1.82, 2.24) is 4.90 Å². The normalized spacial score (nSPS) is 23.0. The molecule has 0 spiro atoms. The van der Waals surface area contributed by atoms with E-state index in [1.165, 1.54) is 11.1 Å². The van der Waals surface area contributed by atoms with Gasteiger partial charge in [0.15, 0.2) is 0 Å². The number of benzene rings is 1. The van der Waals surface area contributed by atoms with Crippen molar-refractivity contribution in [3.63, 3.8) is 0 Å². The maximum Gasteiger partial charge on any atom is 0.0850 e. The van der Waals surface area contributed by atoms with Crippen LogP contribution in [-0.4, -0.2) is 36.7 Å². The second kappa shape index (κ2) is 6.02. The number of halogens is 1. The minimum atomic E-state index is 0.0706. The predicted molar refractivity (Wildman–Crippen MR) is 74.9 cm³/mol. The molecule has 2 unspecified atom stereocenters. The molecule has 0 radical (unpaired) electrons. The van der Waals surface area contributed by atoms with Gasteiger partial charge in [0.1, 0.15) is 0 Å². The average Bonchev–Trinajstić information content (AvgIpc) is 2.33. The van der Waals surface area contributed by atoms with Crippen molar-refractivity contribution in [3.8, 4) is 0 Å². The number of ether oxygens (including phenoxy) is 1. The quantitative estimate of drug-likeness (QED) is 0.913. The Morgan fingerprint density at radius 2 is 2.33 bits per heavy atom. The Balaban J connectivity index is 2.00. The van der Waals surface area contributed by atoms with Crippen LogP contribution in [0.15, 0.2) is 18.2 Å². The van der Waals surface area contributed by atoms with Gasteiger partial charge in [0.05, 0.1) is 12.7 Å². The third kappa shape index (κ3) is 3.45. The Labute approximate surface area is 114 Å². The summed E-state index contributed by atoms with van der Waals surface area (Å²) in [5.41, 5.74) is 8.26. The van der Waals surface area contributed by atoms with Crippen LogP contribution in [0.25, 0.3) is 0 Å². The second-order valence-electron chi connectivity index (χ2n) is 5.10. The molecule has 0 bridgehead atoms. The van der Waals surface area contributed by atoms with Gasteiger partial charge in [-0.15, -0.1) is 0 Å². The van der Waals surface area contributed by atoms with Crippen LogP contribution >= 0.6 is 11.6 Å². The SMILES string of the molecule is Cc1ccc(CN2CCOC(C(C)N)C2)c(Cl)c1. The highest BCUT2D eigenvalue weighted by atomic mass is 35.5. The lowest BCUT2D eigenvalue weighted by atomic mass is 10.1. The number of rotatable bonds is 3. The molecule has 0 aliphatic carbocycles. The summed E-state index contributed by atoms with van der Waals surface area (Å²) in [5, 5.41) is 0.846. The smallest absolute Gasteiger partial charge is 0.0850 e. The number of morpholine rings is 1. The Morgan fingerprint density at radius 3 is 3.00 bits per heavy atom.